The lowest BCUT2D eigenvalue weighted by atomic mass is 10.1. The first-order valence-electron chi connectivity index (χ1n) is 9.83. The van der Waals surface area contributed by atoms with Crippen LogP contribution in [-0.2, 0) is 17.9 Å². The molecule has 1 heterocycles. The first-order chi connectivity index (χ1) is 14.1. The van der Waals surface area contributed by atoms with Crippen LogP contribution in [0.4, 0.5) is 9.18 Å². The molecule has 2 aromatic rings. The molecule has 0 aliphatic carbocycles. The highest BCUT2D eigenvalue weighted by Gasteiger charge is 2.24. The Hall–Kier alpha value is -2.67. The fraction of sp³-hybridized carbons (Fsp3) is 0.391. The maximum Gasteiger partial charge on any atom is 0.318 e. The van der Waals surface area contributed by atoms with Gasteiger partial charge >= 0.3 is 6.03 Å². The summed E-state index contributed by atoms with van der Waals surface area (Å²) in [6.07, 6.45) is 1.60. The lowest BCUT2D eigenvalue weighted by Crippen LogP contribution is -2.51. The van der Waals surface area contributed by atoms with Crippen molar-refractivity contribution >= 4 is 23.3 Å². The molecule has 7 heteroatoms. The molecule has 5 nitrogen and oxygen atoms in total. The van der Waals surface area contributed by atoms with Crippen molar-refractivity contribution in [1.82, 2.24) is 15.1 Å². The Labute approximate surface area is 182 Å². The van der Waals surface area contributed by atoms with Crippen LogP contribution < -0.4 is 5.32 Å². The summed E-state index contributed by atoms with van der Waals surface area (Å²) < 4.78 is 13.3. The molecular formula is C23H30FN3O2S. The molecule has 0 unspecified atom stereocenters. The van der Waals surface area contributed by atoms with Crippen molar-refractivity contribution in [3.8, 4) is 0 Å². The van der Waals surface area contributed by atoms with E-state index in [-0.39, 0.29) is 30.8 Å². The van der Waals surface area contributed by atoms with E-state index in [1.54, 1.807) is 34.4 Å². The Kier molecular flexibility index (Phi) is 8.17. The van der Waals surface area contributed by atoms with Gasteiger partial charge in [0.1, 0.15) is 12.4 Å². The SMILES string of the molecule is C=CCN(CC(=O)N(Cc1ccc(F)cc1)Cc1ccc(C)s1)C(=O)NC(C)(C)C. The summed E-state index contributed by atoms with van der Waals surface area (Å²) in [6.45, 7) is 12.3. The number of amides is 3. The first-order valence-corrected chi connectivity index (χ1v) is 10.6. The standard InChI is InChI=1S/C23H30FN3O2S/c1-6-13-26(22(29)25-23(3,4)5)16-21(28)27(15-20-12-7-17(2)30-20)14-18-8-10-19(24)11-9-18/h6-12H,1,13-16H2,2-5H3,(H,25,29). The molecule has 0 atom stereocenters. The van der Waals surface area contributed by atoms with Gasteiger partial charge in [0, 0.05) is 28.4 Å². The molecule has 0 saturated carbocycles. The molecule has 0 saturated heterocycles. The summed E-state index contributed by atoms with van der Waals surface area (Å²) in [6, 6.07) is 9.80. The third kappa shape index (κ3) is 7.63. The van der Waals surface area contributed by atoms with Crippen LogP contribution in [0.15, 0.2) is 49.1 Å². The Morgan fingerprint density at radius 1 is 1.10 bits per heavy atom. The second-order valence-electron chi connectivity index (χ2n) is 8.24. The zero-order chi connectivity index (χ0) is 22.3. The number of thiophene rings is 1. The number of carbonyl (C=O) groups is 2. The van der Waals surface area contributed by atoms with E-state index in [1.165, 1.54) is 17.0 Å². The van der Waals surface area contributed by atoms with Gasteiger partial charge in [0.15, 0.2) is 0 Å². The van der Waals surface area contributed by atoms with Crippen molar-refractivity contribution in [2.75, 3.05) is 13.1 Å². The second-order valence-corrected chi connectivity index (χ2v) is 9.61. The zero-order valence-corrected chi connectivity index (χ0v) is 18.9. The Morgan fingerprint density at radius 2 is 1.77 bits per heavy atom. The number of hydrogen-bond acceptors (Lipinski definition) is 3. The van der Waals surface area contributed by atoms with E-state index >= 15 is 0 Å². The highest BCUT2D eigenvalue weighted by Crippen LogP contribution is 2.19. The van der Waals surface area contributed by atoms with Crippen molar-refractivity contribution in [3.63, 3.8) is 0 Å². The summed E-state index contributed by atoms with van der Waals surface area (Å²) >= 11 is 1.63. The fourth-order valence-corrected chi connectivity index (χ4v) is 3.75. The van der Waals surface area contributed by atoms with Crippen molar-refractivity contribution in [3.05, 3.63) is 70.2 Å². The molecule has 3 amide bonds. The number of urea groups is 1. The lowest BCUT2D eigenvalue weighted by molar-refractivity contribution is -0.133. The van der Waals surface area contributed by atoms with E-state index in [2.05, 4.69) is 11.9 Å². The minimum Gasteiger partial charge on any atom is -0.333 e. The van der Waals surface area contributed by atoms with Crippen molar-refractivity contribution in [2.24, 2.45) is 0 Å². The molecule has 30 heavy (non-hydrogen) atoms. The van der Waals surface area contributed by atoms with Crippen molar-refractivity contribution in [1.29, 1.82) is 0 Å². The maximum absolute atomic E-state index is 13.3. The number of rotatable bonds is 8. The van der Waals surface area contributed by atoms with Crippen LogP contribution in [0.1, 0.15) is 36.1 Å². The summed E-state index contributed by atoms with van der Waals surface area (Å²) in [5, 5.41) is 2.89. The molecule has 1 aromatic heterocycles. The van der Waals surface area contributed by atoms with Gasteiger partial charge in [0.25, 0.3) is 0 Å². The van der Waals surface area contributed by atoms with E-state index in [0.29, 0.717) is 13.1 Å². The average Bonchev–Trinajstić information content (AvgIpc) is 3.06. The van der Waals surface area contributed by atoms with Crippen LogP contribution in [0, 0.1) is 12.7 Å². The largest absolute Gasteiger partial charge is 0.333 e. The Bertz CT molecular complexity index is 871. The van der Waals surface area contributed by atoms with Gasteiger partial charge in [0.05, 0.1) is 6.54 Å². The van der Waals surface area contributed by atoms with Gasteiger partial charge in [-0.2, -0.15) is 0 Å². The average molecular weight is 432 g/mol. The smallest absolute Gasteiger partial charge is 0.318 e. The lowest BCUT2D eigenvalue weighted by Gasteiger charge is -2.30. The summed E-state index contributed by atoms with van der Waals surface area (Å²) in [4.78, 5) is 31.2. The predicted octanol–water partition coefficient (Wildman–Crippen LogP) is 4.72. The van der Waals surface area contributed by atoms with Crippen LogP contribution in [0.25, 0.3) is 0 Å². The molecule has 0 fully saturated rings. The van der Waals surface area contributed by atoms with E-state index in [9.17, 15) is 14.0 Å². The first kappa shape index (κ1) is 23.6. The Balaban J connectivity index is 2.19. The molecule has 1 N–H and O–H groups in total. The topological polar surface area (TPSA) is 52.7 Å². The summed E-state index contributed by atoms with van der Waals surface area (Å²) in [5.41, 5.74) is 0.411. The van der Waals surface area contributed by atoms with E-state index in [0.717, 1.165) is 15.3 Å². The number of aryl methyl sites for hydroxylation is 1. The van der Waals surface area contributed by atoms with E-state index in [1.807, 2.05) is 39.8 Å². The van der Waals surface area contributed by atoms with E-state index < -0.39 is 5.54 Å². The number of halogens is 1. The number of hydrogen-bond donors (Lipinski definition) is 1. The third-order valence-electron chi connectivity index (χ3n) is 4.23. The molecule has 0 bridgehead atoms. The van der Waals surface area contributed by atoms with Crippen LogP contribution in [0.5, 0.6) is 0 Å². The van der Waals surface area contributed by atoms with Crippen LogP contribution in [-0.4, -0.2) is 40.4 Å². The van der Waals surface area contributed by atoms with Gasteiger partial charge in [-0.25, -0.2) is 9.18 Å². The molecule has 0 spiro atoms. The molecule has 0 radical (unpaired) electrons. The van der Waals surface area contributed by atoms with Gasteiger partial charge < -0.3 is 15.1 Å². The zero-order valence-electron chi connectivity index (χ0n) is 18.1. The number of carbonyl (C=O) groups excluding carboxylic acids is 2. The minimum atomic E-state index is -0.415. The molecular weight excluding hydrogens is 401 g/mol. The molecule has 2 rings (SSSR count). The number of nitrogens with zero attached hydrogens (tertiary/aromatic N) is 2. The van der Waals surface area contributed by atoms with Gasteiger partial charge in [-0.05, 0) is 57.5 Å². The molecule has 1 aromatic carbocycles. The van der Waals surface area contributed by atoms with Gasteiger partial charge in [-0.15, -0.1) is 17.9 Å². The summed E-state index contributed by atoms with van der Waals surface area (Å²) in [7, 11) is 0. The highest BCUT2D eigenvalue weighted by molar-refractivity contribution is 7.11. The van der Waals surface area contributed by atoms with Crippen molar-refractivity contribution in [2.45, 2.75) is 46.3 Å². The maximum atomic E-state index is 13.3. The third-order valence-corrected chi connectivity index (χ3v) is 5.21. The monoisotopic (exact) mass is 431 g/mol. The second kappa shape index (κ2) is 10.4. The predicted molar refractivity (Wildman–Crippen MR) is 120 cm³/mol. The van der Waals surface area contributed by atoms with Gasteiger partial charge in [-0.3, -0.25) is 4.79 Å². The molecule has 0 aliphatic heterocycles. The van der Waals surface area contributed by atoms with Crippen LogP contribution in [0.3, 0.4) is 0 Å². The normalized spacial score (nSPS) is 11.1. The van der Waals surface area contributed by atoms with Gasteiger partial charge in [-0.1, -0.05) is 18.2 Å². The number of nitrogens with one attached hydrogen (secondary N) is 1. The Morgan fingerprint density at radius 3 is 2.30 bits per heavy atom. The van der Waals surface area contributed by atoms with Gasteiger partial charge in [0.2, 0.25) is 5.91 Å². The van der Waals surface area contributed by atoms with Crippen LogP contribution in [0.2, 0.25) is 0 Å². The minimum absolute atomic E-state index is 0.0700. The number of benzene rings is 1. The molecule has 0 aliphatic rings. The quantitative estimate of drug-likeness (QED) is 0.615. The fourth-order valence-electron chi connectivity index (χ4n) is 2.84. The van der Waals surface area contributed by atoms with Crippen molar-refractivity contribution < 1.29 is 14.0 Å². The van der Waals surface area contributed by atoms with E-state index in [4.69, 9.17) is 0 Å². The molecule has 162 valence electrons. The summed E-state index contributed by atoms with van der Waals surface area (Å²) in [5.74, 6) is -0.502. The van der Waals surface area contributed by atoms with Crippen LogP contribution >= 0.6 is 11.3 Å². The highest BCUT2D eigenvalue weighted by atomic mass is 32.1.